The summed E-state index contributed by atoms with van der Waals surface area (Å²) >= 11 is 0. The monoisotopic (exact) mass is 306 g/mol. The molecule has 1 aromatic heterocycles. The highest BCUT2D eigenvalue weighted by atomic mass is 16.6. The van der Waals surface area contributed by atoms with Crippen LogP contribution in [-0.2, 0) is 0 Å². The van der Waals surface area contributed by atoms with Crippen LogP contribution in [0.25, 0.3) is 23.1 Å². The Morgan fingerprint density at radius 3 is 2.57 bits per heavy atom. The number of aromatic nitrogens is 1. The number of rotatable bonds is 4. The van der Waals surface area contributed by atoms with E-state index in [0.717, 1.165) is 27.8 Å². The molecule has 0 unspecified atom stereocenters. The van der Waals surface area contributed by atoms with Gasteiger partial charge in [-0.2, -0.15) is 0 Å². The van der Waals surface area contributed by atoms with Crippen LogP contribution in [0.2, 0.25) is 0 Å². The van der Waals surface area contributed by atoms with Crippen molar-refractivity contribution in [2.45, 2.75) is 0 Å². The molecule has 0 amide bonds. The maximum absolute atomic E-state index is 10.7. The van der Waals surface area contributed by atoms with E-state index in [1.165, 1.54) is 12.1 Å². The van der Waals surface area contributed by atoms with E-state index in [9.17, 15) is 10.1 Å². The van der Waals surface area contributed by atoms with E-state index in [2.05, 4.69) is 4.98 Å². The van der Waals surface area contributed by atoms with E-state index in [4.69, 9.17) is 4.74 Å². The molecular formula is C18H14N2O3. The summed E-state index contributed by atoms with van der Waals surface area (Å²) in [5.41, 5.74) is 2.86. The van der Waals surface area contributed by atoms with E-state index in [1.54, 1.807) is 25.4 Å². The summed E-state index contributed by atoms with van der Waals surface area (Å²) in [6, 6.07) is 14.1. The molecule has 0 N–H and O–H groups in total. The van der Waals surface area contributed by atoms with Gasteiger partial charge in [0.05, 0.1) is 17.5 Å². The van der Waals surface area contributed by atoms with Crippen LogP contribution in [0.5, 0.6) is 5.75 Å². The summed E-state index contributed by atoms with van der Waals surface area (Å²) in [6.45, 7) is 0. The third-order valence-electron chi connectivity index (χ3n) is 3.54. The van der Waals surface area contributed by atoms with Gasteiger partial charge in [0.2, 0.25) is 0 Å². The van der Waals surface area contributed by atoms with Crippen molar-refractivity contribution in [3.63, 3.8) is 0 Å². The normalized spacial score (nSPS) is 11.0. The number of benzene rings is 2. The Kier molecular flexibility index (Phi) is 4.01. The van der Waals surface area contributed by atoms with Crippen molar-refractivity contribution in [1.29, 1.82) is 0 Å². The zero-order valence-corrected chi connectivity index (χ0v) is 12.5. The van der Waals surface area contributed by atoms with Gasteiger partial charge in [-0.3, -0.25) is 15.1 Å². The van der Waals surface area contributed by atoms with Crippen LogP contribution < -0.4 is 4.74 Å². The predicted octanol–water partition coefficient (Wildman–Crippen LogP) is 4.32. The number of non-ortho nitro benzene ring substituents is 1. The Morgan fingerprint density at radius 2 is 1.87 bits per heavy atom. The molecule has 23 heavy (non-hydrogen) atoms. The van der Waals surface area contributed by atoms with Crippen LogP contribution in [0.3, 0.4) is 0 Å². The molecule has 0 spiro atoms. The van der Waals surface area contributed by atoms with Crippen LogP contribution in [-0.4, -0.2) is 17.0 Å². The van der Waals surface area contributed by atoms with Gasteiger partial charge < -0.3 is 4.74 Å². The lowest BCUT2D eigenvalue weighted by Gasteiger charge is -2.04. The predicted molar refractivity (Wildman–Crippen MR) is 90.3 cm³/mol. The number of fused-ring (bicyclic) bond motifs is 1. The molecule has 3 aromatic rings. The first-order valence-electron chi connectivity index (χ1n) is 7.03. The van der Waals surface area contributed by atoms with Crippen LogP contribution in [0.15, 0.2) is 54.7 Å². The molecule has 0 fully saturated rings. The molecule has 2 aromatic carbocycles. The van der Waals surface area contributed by atoms with Crippen molar-refractivity contribution in [3.05, 3.63) is 76.0 Å². The number of hydrogen-bond acceptors (Lipinski definition) is 4. The average molecular weight is 306 g/mol. The number of hydrogen-bond donors (Lipinski definition) is 0. The van der Waals surface area contributed by atoms with Crippen molar-refractivity contribution >= 4 is 28.7 Å². The molecule has 0 aliphatic carbocycles. The lowest BCUT2D eigenvalue weighted by atomic mass is 10.1. The first-order valence-corrected chi connectivity index (χ1v) is 7.03. The molecule has 0 saturated carbocycles. The zero-order valence-electron chi connectivity index (χ0n) is 12.5. The van der Waals surface area contributed by atoms with Gasteiger partial charge in [0.15, 0.2) is 0 Å². The number of nitrogens with zero attached hydrogens (tertiary/aromatic N) is 2. The molecule has 5 heteroatoms. The van der Waals surface area contributed by atoms with Crippen molar-refractivity contribution in [2.24, 2.45) is 0 Å². The molecular weight excluding hydrogens is 292 g/mol. The highest BCUT2D eigenvalue weighted by Crippen LogP contribution is 2.23. The average Bonchev–Trinajstić information content (AvgIpc) is 2.59. The van der Waals surface area contributed by atoms with Crippen LogP contribution in [0, 0.1) is 10.1 Å². The molecule has 114 valence electrons. The van der Waals surface area contributed by atoms with E-state index < -0.39 is 4.92 Å². The third-order valence-corrected chi connectivity index (χ3v) is 3.54. The van der Waals surface area contributed by atoms with Crippen molar-refractivity contribution in [3.8, 4) is 5.75 Å². The second-order valence-corrected chi connectivity index (χ2v) is 4.97. The highest BCUT2D eigenvalue weighted by Gasteiger charge is 2.03. The lowest BCUT2D eigenvalue weighted by molar-refractivity contribution is -0.384. The molecule has 0 aliphatic rings. The summed E-state index contributed by atoms with van der Waals surface area (Å²) in [6.07, 6.45) is 5.64. The standard InChI is InChI=1S/C18H14N2O3/c1-23-16-8-9-17-14(10-11-19-18(17)12-16)5-2-13-3-6-15(7-4-13)20(21)22/h2-12H,1H3. The van der Waals surface area contributed by atoms with Crippen molar-refractivity contribution in [1.82, 2.24) is 4.98 Å². The fraction of sp³-hybridized carbons (Fsp3) is 0.0556. The summed E-state index contributed by atoms with van der Waals surface area (Å²) in [5.74, 6) is 0.765. The summed E-state index contributed by atoms with van der Waals surface area (Å²) in [5, 5.41) is 11.7. The van der Waals surface area contributed by atoms with Crippen molar-refractivity contribution in [2.75, 3.05) is 7.11 Å². The Hall–Kier alpha value is -3.21. The molecule has 0 bridgehead atoms. The van der Waals surface area contributed by atoms with Gasteiger partial charge in [0, 0.05) is 29.8 Å². The van der Waals surface area contributed by atoms with Gasteiger partial charge in [0.1, 0.15) is 5.75 Å². The first-order chi connectivity index (χ1) is 11.2. The first kappa shape index (κ1) is 14.7. The number of nitro groups is 1. The van der Waals surface area contributed by atoms with Crippen LogP contribution in [0.4, 0.5) is 5.69 Å². The maximum Gasteiger partial charge on any atom is 0.269 e. The van der Waals surface area contributed by atoms with E-state index >= 15 is 0 Å². The number of methoxy groups -OCH3 is 1. The van der Waals surface area contributed by atoms with E-state index in [0.29, 0.717) is 0 Å². The highest BCUT2D eigenvalue weighted by molar-refractivity contribution is 5.91. The van der Waals surface area contributed by atoms with E-state index in [1.807, 2.05) is 36.4 Å². The minimum Gasteiger partial charge on any atom is -0.497 e. The molecule has 3 rings (SSSR count). The van der Waals surface area contributed by atoms with Gasteiger partial charge >= 0.3 is 0 Å². The Labute approximate surface area is 133 Å². The topological polar surface area (TPSA) is 65.3 Å². The Balaban J connectivity index is 1.92. The van der Waals surface area contributed by atoms with Gasteiger partial charge in [-0.1, -0.05) is 12.2 Å². The van der Waals surface area contributed by atoms with Gasteiger partial charge in [-0.15, -0.1) is 0 Å². The van der Waals surface area contributed by atoms with Crippen LogP contribution in [0.1, 0.15) is 11.1 Å². The van der Waals surface area contributed by atoms with Gasteiger partial charge in [-0.05, 0) is 41.5 Å². The molecule has 0 atom stereocenters. The Morgan fingerprint density at radius 1 is 1.09 bits per heavy atom. The second kappa shape index (κ2) is 6.27. The molecule has 5 nitrogen and oxygen atoms in total. The maximum atomic E-state index is 10.7. The minimum atomic E-state index is -0.406. The quantitative estimate of drug-likeness (QED) is 0.532. The molecule has 0 radical (unpaired) electrons. The van der Waals surface area contributed by atoms with Crippen LogP contribution >= 0.6 is 0 Å². The Bertz CT molecular complexity index is 886. The summed E-state index contributed by atoms with van der Waals surface area (Å²) in [4.78, 5) is 14.6. The molecule has 0 aliphatic heterocycles. The molecule has 1 heterocycles. The molecule has 0 saturated heterocycles. The lowest BCUT2D eigenvalue weighted by Crippen LogP contribution is -1.87. The number of pyridine rings is 1. The summed E-state index contributed by atoms with van der Waals surface area (Å²) < 4.78 is 5.21. The second-order valence-electron chi connectivity index (χ2n) is 4.97. The number of ether oxygens (including phenoxy) is 1. The fourth-order valence-corrected chi connectivity index (χ4v) is 2.32. The largest absolute Gasteiger partial charge is 0.497 e. The SMILES string of the molecule is COc1ccc2c(C=Cc3ccc([N+](=O)[O-])cc3)ccnc2c1. The van der Waals surface area contributed by atoms with Gasteiger partial charge in [0.25, 0.3) is 5.69 Å². The van der Waals surface area contributed by atoms with Crippen molar-refractivity contribution < 1.29 is 9.66 Å². The third kappa shape index (κ3) is 3.18. The summed E-state index contributed by atoms with van der Waals surface area (Å²) in [7, 11) is 1.62. The zero-order chi connectivity index (χ0) is 16.2. The van der Waals surface area contributed by atoms with Gasteiger partial charge in [-0.25, -0.2) is 0 Å². The smallest absolute Gasteiger partial charge is 0.269 e. The number of nitro benzene ring substituents is 1. The fourth-order valence-electron chi connectivity index (χ4n) is 2.32. The van der Waals surface area contributed by atoms with E-state index in [-0.39, 0.29) is 5.69 Å². The minimum absolute atomic E-state index is 0.0867.